The number of aliphatic carboxylic acids is 1. The highest BCUT2D eigenvalue weighted by Crippen LogP contribution is 2.40. The van der Waals surface area contributed by atoms with Gasteiger partial charge in [0.15, 0.2) is 0 Å². The van der Waals surface area contributed by atoms with Crippen molar-refractivity contribution in [1.82, 2.24) is 5.32 Å². The molecule has 1 heterocycles. The van der Waals surface area contributed by atoms with Crippen molar-refractivity contribution < 1.29 is 19.4 Å². The number of carboxylic acid groups (broad SMARTS) is 1. The number of hydrogen-bond acceptors (Lipinski definition) is 4. The second-order valence-corrected chi connectivity index (χ2v) is 8.61. The molecule has 0 bridgehead atoms. The Hall–Kier alpha value is -1.10. The average Bonchev–Trinajstić information content (AvgIpc) is 2.59. The van der Waals surface area contributed by atoms with E-state index in [2.05, 4.69) is 39.9 Å². The van der Waals surface area contributed by atoms with Crippen molar-refractivity contribution in [3.8, 4) is 0 Å². The van der Waals surface area contributed by atoms with Crippen LogP contribution in [-0.4, -0.2) is 34.2 Å². The summed E-state index contributed by atoms with van der Waals surface area (Å²) in [6, 6.07) is 0. The monoisotopic (exact) mass is 353 g/mol. The van der Waals surface area contributed by atoms with Crippen molar-refractivity contribution >= 4 is 11.9 Å². The van der Waals surface area contributed by atoms with Crippen molar-refractivity contribution in [1.29, 1.82) is 0 Å². The average molecular weight is 354 g/mol. The first-order valence-corrected chi connectivity index (χ1v) is 9.88. The molecule has 1 saturated heterocycles. The van der Waals surface area contributed by atoms with Gasteiger partial charge in [0.25, 0.3) is 0 Å². The van der Waals surface area contributed by atoms with Crippen molar-refractivity contribution in [2.75, 3.05) is 0 Å². The second-order valence-electron chi connectivity index (χ2n) is 8.61. The molecule has 0 spiro atoms. The first-order chi connectivity index (χ1) is 11.7. The first kappa shape index (κ1) is 20.2. The van der Waals surface area contributed by atoms with Crippen molar-refractivity contribution in [2.45, 2.75) is 96.7 Å². The molecule has 5 heteroatoms. The van der Waals surface area contributed by atoms with E-state index in [-0.39, 0.29) is 29.1 Å². The number of esters is 1. The molecule has 6 unspecified atom stereocenters. The molecule has 144 valence electrons. The van der Waals surface area contributed by atoms with Crippen LogP contribution in [0.4, 0.5) is 0 Å². The minimum absolute atomic E-state index is 0.0685. The second kappa shape index (κ2) is 7.65. The van der Waals surface area contributed by atoms with Crippen LogP contribution in [0.1, 0.15) is 79.6 Å². The Morgan fingerprint density at radius 3 is 2.24 bits per heavy atom. The summed E-state index contributed by atoms with van der Waals surface area (Å²) in [5.74, 6) is -2.06. The lowest BCUT2D eigenvalue weighted by Crippen LogP contribution is -2.66. The van der Waals surface area contributed by atoms with E-state index in [1.807, 2.05) is 0 Å². The van der Waals surface area contributed by atoms with E-state index in [1.165, 1.54) is 0 Å². The van der Waals surface area contributed by atoms with Crippen LogP contribution in [0.25, 0.3) is 0 Å². The molecule has 5 nitrogen and oxygen atoms in total. The van der Waals surface area contributed by atoms with Crippen LogP contribution in [-0.2, 0) is 14.3 Å². The van der Waals surface area contributed by atoms with Gasteiger partial charge in [-0.1, -0.05) is 33.6 Å². The van der Waals surface area contributed by atoms with Gasteiger partial charge in [0.1, 0.15) is 6.10 Å². The first-order valence-electron chi connectivity index (χ1n) is 9.88. The lowest BCUT2D eigenvalue weighted by atomic mass is 9.70. The molecule has 2 aliphatic rings. The van der Waals surface area contributed by atoms with Crippen molar-refractivity contribution in [3.05, 3.63) is 0 Å². The SMILES string of the molecule is CCC1(C)CC(OC(=O)C2CCCCC2C(=O)O)C(C)C(C)(CC)N1. The zero-order valence-electron chi connectivity index (χ0n) is 16.4. The quantitative estimate of drug-likeness (QED) is 0.736. The topological polar surface area (TPSA) is 75.6 Å². The number of nitrogens with one attached hydrogen (secondary N) is 1. The van der Waals surface area contributed by atoms with Gasteiger partial charge < -0.3 is 15.2 Å². The fourth-order valence-corrected chi connectivity index (χ4v) is 4.62. The highest BCUT2D eigenvalue weighted by Gasteiger charge is 2.48. The van der Waals surface area contributed by atoms with Crippen LogP contribution in [0.3, 0.4) is 0 Å². The van der Waals surface area contributed by atoms with Crippen LogP contribution in [0.2, 0.25) is 0 Å². The smallest absolute Gasteiger partial charge is 0.310 e. The number of hydrogen-bond donors (Lipinski definition) is 2. The number of piperidine rings is 1. The van der Waals surface area contributed by atoms with Crippen LogP contribution in [0.5, 0.6) is 0 Å². The molecule has 6 atom stereocenters. The predicted molar refractivity (Wildman–Crippen MR) is 97.3 cm³/mol. The number of carbonyl (C=O) groups excluding carboxylic acids is 1. The van der Waals surface area contributed by atoms with Gasteiger partial charge in [-0.2, -0.15) is 0 Å². The summed E-state index contributed by atoms with van der Waals surface area (Å²) in [5, 5.41) is 13.2. The van der Waals surface area contributed by atoms with Gasteiger partial charge in [0.05, 0.1) is 11.8 Å². The van der Waals surface area contributed by atoms with E-state index < -0.39 is 17.8 Å². The van der Waals surface area contributed by atoms with E-state index in [0.29, 0.717) is 12.8 Å². The molecule has 2 fully saturated rings. The molecular weight excluding hydrogens is 318 g/mol. The Morgan fingerprint density at radius 2 is 1.72 bits per heavy atom. The van der Waals surface area contributed by atoms with Crippen LogP contribution >= 0.6 is 0 Å². The Balaban J connectivity index is 2.16. The summed E-state index contributed by atoms with van der Waals surface area (Å²) in [6.45, 7) is 10.8. The molecule has 0 aromatic rings. The van der Waals surface area contributed by atoms with Gasteiger partial charge in [-0.25, -0.2) is 0 Å². The fraction of sp³-hybridized carbons (Fsp3) is 0.900. The van der Waals surface area contributed by atoms with Gasteiger partial charge in [-0.3, -0.25) is 9.59 Å². The Kier molecular flexibility index (Phi) is 6.18. The molecule has 1 aliphatic carbocycles. The van der Waals surface area contributed by atoms with E-state index >= 15 is 0 Å². The lowest BCUT2D eigenvalue weighted by molar-refractivity contribution is -0.171. The maximum atomic E-state index is 12.8. The molecular formula is C20H35NO4. The number of rotatable bonds is 5. The van der Waals surface area contributed by atoms with Gasteiger partial charge in [-0.15, -0.1) is 0 Å². The molecule has 1 saturated carbocycles. The maximum absolute atomic E-state index is 12.8. The van der Waals surface area contributed by atoms with E-state index in [0.717, 1.165) is 32.1 Å². The molecule has 2 N–H and O–H groups in total. The summed E-state index contributed by atoms with van der Waals surface area (Å²) >= 11 is 0. The van der Waals surface area contributed by atoms with Gasteiger partial charge in [-0.05, 0) is 39.5 Å². The lowest BCUT2D eigenvalue weighted by Gasteiger charge is -2.53. The van der Waals surface area contributed by atoms with E-state index in [1.54, 1.807) is 0 Å². The number of carbonyl (C=O) groups is 2. The molecule has 0 amide bonds. The minimum Gasteiger partial charge on any atom is -0.481 e. The van der Waals surface area contributed by atoms with Gasteiger partial charge >= 0.3 is 11.9 Å². The Bertz CT molecular complexity index is 508. The molecule has 0 aromatic heterocycles. The largest absolute Gasteiger partial charge is 0.481 e. The van der Waals surface area contributed by atoms with Crippen molar-refractivity contribution in [2.24, 2.45) is 17.8 Å². The zero-order valence-corrected chi connectivity index (χ0v) is 16.4. The van der Waals surface area contributed by atoms with Crippen LogP contribution in [0, 0.1) is 17.8 Å². The van der Waals surface area contributed by atoms with Crippen LogP contribution < -0.4 is 5.32 Å². The molecule has 0 aromatic carbocycles. The van der Waals surface area contributed by atoms with E-state index in [4.69, 9.17) is 4.74 Å². The molecule has 2 rings (SSSR count). The third kappa shape index (κ3) is 4.18. The summed E-state index contributed by atoms with van der Waals surface area (Å²) in [4.78, 5) is 24.3. The summed E-state index contributed by atoms with van der Waals surface area (Å²) in [5.41, 5.74) is -0.159. The fourth-order valence-electron chi connectivity index (χ4n) is 4.62. The highest BCUT2D eigenvalue weighted by atomic mass is 16.5. The molecule has 0 radical (unpaired) electrons. The third-order valence-electron chi connectivity index (χ3n) is 6.97. The van der Waals surface area contributed by atoms with Gasteiger partial charge in [0.2, 0.25) is 0 Å². The zero-order chi connectivity index (χ0) is 18.8. The summed E-state index contributed by atoms with van der Waals surface area (Å²) < 4.78 is 5.98. The maximum Gasteiger partial charge on any atom is 0.310 e. The number of ether oxygens (including phenoxy) is 1. The molecule has 25 heavy (non-hydrogen) atoms. The Labute approximate surface area is 151 Å². The van der Waals surface area contributed by atoms with Gasteiger partial charge in [0, 0.05) is 23.4 Å². The highest BCUT2D eigenvalue weighted by molar-refractivity contribution is 5.81. The van der Waals surface area contributed by atoms with Crippen molar-refractivity contribution in [3.63, 3.8) is 0 Å². The predicted octanol–water partition coefficient (Wildman–Crippen LogP) is 3.76. The number of carboxylic acids is 1. The summed E-state index contributed by atoms with van der Waals surface area (Å²) in [6.07, 6.45) is 5.53. The normalized spacial score (nSPS) is 42.0. The van der Waals surface area contributed by atoms with E-state index in [9.17, 15) is 14.7 Å². The summed E-state index contributed by atoms with van der Waals surface area (Å²) in [7, 11) is 0. The van der Waals surface area contributed by atoms with Crippen LogP contribution in [0.15, 0.2) is 0 Å². The standard InChI is InChI=1S/C20H35NO4/c1-6-19(4)12-16(13(3)20(5,7-2)21-19)25-18(24)15-11-9-8-10-14(15)17(22)23/h13-16,21H,6-12H2,1-5H3,(H,22,23). The molecule has 1 aliphatic heterocycles. The third-order valence-corrected chi connectivity index (χ3v) is 6.97. The minimum atomic E-state index is -0.864. The Morgan fingerprint density at radius 1 is 1.12 bits per heavy atom.